The van der Waals surface area contributed by atoms with E-state index in [0.717, 1.165) is 16.8 Å². The summed E-state index contributed by atoms with van der Waals surface area (Å²) >= 11 is 0. The molecule has 31 heavy (non-hydrogen) atoms. The minimum absolute atomic E-state index is 0.0151. The van der Waals surface area contributed by atoms with Crippen molar-refractivity contribution in [2.24, 2.45) is 0 Å². The molecule has 0 spiro atoms. The molecule has 0 radical (unpaired) electrons. The van der Waals surface area contributed by atoms with Crippen LogP contribution in [0.5, 0.6) is 0 Å². The molecule has 0 aliphatic carbocycles. The van der Waals surface area contributed by atoms with Crippen molar-refractivity contribution in [1.82, 2.24) is 9.78 Å². The number of nitrogen functional groups attached to an aromatic ring is 1. The molecule has 0 aliphatic heterocycles. The monoisotopic (exact) mass is 429 g/mol. The lowest BCUT2D eigenvalue weighted by molar-refractivity contribution is -0.137. The molecule has 0 saturated carbocycles. The van der Waals surface area contributed by atoms with E-state index in [-0.39, 0.29) is 22.9 Å². The lowest BCUT2D eigenvalue weighted by Gasteiger charge is -2.07. The number of carbonyl (C=O) groups is 1. The topological polar surface area (TPSA) is 74.0 Å². The Labute approximate surface area is 173 Å². The second kappa shape index (κ2) is 7.42. The van der Waals surface area contributed by atoms with Gasteiger partial charge in [0.05, 0.1) is 5.56 Å². The maximum absolute atomic E-state index is 13.9. The molecule has 9 heteroatoms. The minimum atomic E-state index is -4.50. The van der Waals surface area contributed by atoms with Gasteiger partial charge in [-0.15, -0.1) is 5.10 Å². The highest BCUT2D eigenvalue weighted by atomic mass is 19.4. The molecule has 0 amide bonds. The number of hydrogen-bond donors (Lipinski definition) is 1. The van der Waals surface area contributed by atoms with E-state index >= 15 is 0 Å². The van der Waals surface area contributed by atoms with Gasteiger partial charge in [-0.1, -0.05) is 24.3 Å². The van der Waals surface area contributed by atoms with Crippen LogP contribution in [-0.2, 0) is 6.18 Å². The van der Waals surface area contributed by atoms with Crippen molar-refractivity contribution < 1.29 is 26.8 Å². The lowest BCUT2D eigenvalue weighted by Crippen LogP contribution is -2.11. The summed E-state index contributed by atoms with van der Waals surface area (Å²) in [6.45, 7) is 1.62. The van der Waals surface area contributed by atoms with Crippen molar-refractivity contribution in [2.75, 3.05) is 5.73 Å². The minimum Gasteiger partial charge on any atom is -0.451 e. The summed E-state index contributed by atoms with van der Waals surface area (Å²) in [5.74, 6) is -1.13. The first-order chi connectivity index (χ1) is 14.6. The Bertz CT molecular complexity index is 1290. The van der Waals surface area contributed by atoms with Gasteiger partial charge in [-0.2, -0.15) is 17.9 Å². The molecule has 2 aromatic carbocycles. The molecule has 2 N–H and O–H groups in total. The van der Waals surface area contributed by atoms with Crippen molar-refractivity contribution in [2.45, 2.75) is 13.1 Å². The zero-order valence-corrected chi connectivity index (χ0v) is 16.1. The first kappa shape index (κ1) is 20.4. The van der Waals surface area contributed by atoms with Gasteiger partial charge in [-0.3, -0.25) is 4.79 Å². The molecule has 0 saturated heterocycles. The Morgan fingerprint density at radius 1 is 1.06 bits per heavy atom. The van der Waals surface area contributed by atoms with E-state index in [1.807, 2.05) is 0 Å². The van der Waals surface area contributed by atoms with Crippen LogP contribution in [-0.4, -0.2) is 15.7 Å². The lowest BCUT2D eigenvalue weighted by atomic mass is 10.1. The molecular formula is C22H15F4N3O2. The molecule has 4 rings (SSSR count). The fourth-order valence-electron chi connectivity index (χ4n) is 3.04. The average molecular weight is 429 g/mol. The Morgan fingerprint density at radius 3 is 2.55 bits per heavy atom. The Hall–Kier alpha value is -3.88. The van der Waals surface area contributed by atoms with Gasteiger partial charge in [0.2, 0.25) is 0 Å². The zero-order chi connectivity index (χ0) is 22.3. The number of hydrogen-bond acceptors (Lipinski definition) is 4. The van der Waals surface area contributed by atoms with Crippen LogP contribution in [0.15, 0.2) is 65.2 Å². The Balaban J connectivity index is 1.63. The summed E-state index contributed by atoms with van der Waals surface area (Å²) in [7, 11) is 0. The van der Waals surface area contributed by atoms with E-state index in [0.29, 0.717) is 16.7 Å². The number of nitrogens with two attached hydrogens (primary N) is 1. The summed E-state index contributed by atoms with van der Waals surface area (Å²) in [4.78, 5) is 12.7. The molecule has 0 fully saturated rings. The van der Waals surface area contributed by atoms with Gasteiger partial charge in [0, 0.05) is 17.3 Å². The largest absolute Gasteiger partial charge is 0.451 e. The van der Waals surface area contributed by atoms with Gasteiger partial charge in [0.15, 0.2) is 11.6 Å². The molecule has 0 unspecified atom stereocenters. The molecule has 0 atom stereocenters. The van der Waals surface area contributed by atoms with Crippen molar-refractivity contribution in [3.8, 4) is 22.5 Å². The second-order valence-corrected chi connectivity index (χ2v) is 6.88. The van der Waals surface area contributed by atoms with E-state index in [1.165, 1.54) is 36.5 Å². The first-order valence-electron chi connectivity index (χ1n) is 9.07. The molecule has 158 valence electrons. The normalized spacial score (nSPS) is 11.6. The van der Waals surface area contributed by atoms with E-state index in [4.69, 9.17) is 10.2 Å². The standard InChI is InChI=1S/C22H15F4N3O2/c1-12-5-6-13(10-17(12)23)16-11-29(28-20(16)27)21(30)19-8-7-18(31-19)14-3-2-4-15(9-14)22(24,25)26/h2-11H,1H3,(H2,27,28). The third kappa shape index (κ3) is 3.94. The maximum Gasteiger partial charge on any atom is 0.416 e. The highest BCUT2D eigenvalue weighted by Crippen LogP contribution is 2.33. The van der Waals surface area contributed by atoms with E-state index in [2.05, 4.69) is 5.10 Å². The number of nitrogens with zero attached hydrogens (tertiary/aromatic N) is 2. The van der Waals surface area contributed by atoms with Gasteiger partial charge in [0.1, 0.15) is 11.6 Å². The first-order valence-corrected chi connectivity index (χ1v) is 9.07. The number of aromatic nitrogens is 2. The molecule has 2 aromatic heterocycles. The van der Waals surface area contributed by atoms with Crippen molar-refractivity contribution in [3.63, 3.8) is 0 Å². The molecule has 2 heterocycles. The van der Waals surface area contributed by atoms with E-state index < -0.39 is 23.5 Å². The second-order valence-electron chi connectivity index (χ2n) is 6.88. The van der Waals surface area contributed by atoms with Gasteiger partial charge in [0.25, 0.3) is 0 Å². The summed E-state index contributed by atoms with van der Waals surface area (Å²) < 4.78 is 59.1. The third-order valence-corrected chi connectivity index (χ3v) is 4.72. The van der Waals surface area contributed by atoms with Gasteiger partial charge in [-0.05, 0) is 48.4 Å². The van der Waals surface area contributed by atoms with Gasteiger partial charge in [-0.25, -0.2) is 4.39 Å². The summed E-state index contributed by atoms with van der Waals surface area (Å²) in [5, 5.41) is 3.96. The SMILES string of the molecule is Cc1ccc(-c2cn(C(=O)c3ccc(-c4cccc(C(F)(F)F)c4)o3)nc2N)cc1F. The molecule has 5 nitrogen and oxygen atoms in total. The van der Waals surface area contributed by atoms with Crippen LogP contribution in [0.2, 0.25) is 0 Å². The van der Waals surface area contributed by atoms with Crippen molar-refractivity contribution in [3.05, 3.63) is 83.5 Å². The molecule has 0 bridgehead atoms. The van der Waals surface area contributed by atoms with Crippen LogP contribution < -0.4 is 5.73 Å². The van der Waals surface area contributed by atoms with Crippen LogP contribution in [0, 0.1) is 12.7 Å². The number of aryl methyl sites for hydroxylation is 1. The van der Waals surface area contributed by atoms with Crippen molar-refractivity contribution >= 4 is 11.7 Å². The Morgan fingerprint density at radius 2 is 1.84 bits per heavy atom. The predicted octanol–water partition coefficient (Wildman–Crippen LogP) is 5.55. The molecular weight excluding hydrogens is 414 g/mol. The number of benzene rings is 2. The fourth-order valence-corrected chi connectivity index (χ4v) is 3.04. The van der Waals surface area contributed by atoms with Gasteiger partial charge >= 0.3 is 12.1 Å². The summed E-state index contributed by atoms with van der Waals surface area (Å²) in [5.41, 5.74) is 6.50. The zero-order valence-electron chi connectivity index (χ0n) is 16.1. The van der Waals surface area contributed by atoms with Crippen molar-refractivity contribution in [1.29, 1.82) is 0 Å². The number of rotatable bonds is 3. The van der Waals surface area contributed by atoms with Crippen LogP contribution in [0.25, 0.3) is 22.5 Å². The van der Waals surface area contributed by atoms with E-state index in [1.54, 1.807) is 19.1 Å². The number of halogens is 4. The third-order valence-electron chi connectivity index (χ3n) is 4.72. The Kier molecular flexibility index (Phi) is 4.88. The van der Waals surface area contributed by atoms with Gasteiger partial charge < -0.3 is 10.2 Å². The molecule has 4 aromatic rings. The maximum atomic E-state index is 13.9. The summed E-state index contributed by atoms with van der Waals surface area (Å²) in [6, 6.07) is 11.8. The number of carbonyl (C=O) groups excluding carboxylic acids is 1. The number of furan rings is 1. The molecule has 0 aliphatic rings. The predicted molar refractivity (Wildman–Crippen MR) is 106 cm³/mol. The smallest absolute Gasteiger partial charge is 0.416 e. The average Bonchev–Trinajstić information content (AvgIpc) is 3.36. The summed E-state index contributed by atoms with van der Waals surface area (Å²) in [6.07, 6.45) is -3.16. The number of alkyl halides is 3. The number of anilines is 1. The van der Waals surface area contributed by atoms with Crippen LogP contribution in [0.3, 0.4) is 0 Å². The quantitative estimate of drug-likeness (QED) is 0.434. The highest BCUT2D eigenvalue weighted by Gasteiger charge is 2.30. The fraction of sp³-hybridized carbons (Fsp3) is 0.0909. The van der Waals surface area contributed by atoms with Crippen LogP contribution >= 0.6 is 0 Å². The van der Waals surface area contributed by atoms with E-state index in [9.17, 15) is 22.4 Å². The van der Waals surface area contributed by atoms with Crippen LogP contribution in [0.4, 0.5) is 23.4 Å². The highest BCUT2D eigenvalue weighted by molar-refractivity contribution is 5.94. The van der Waals surface area contributed by atoms with Crippen LogP contribution in [0.1, 0.15) is 21.7 Å².